The minimum atomic E-state index is -4.10. The number of rotatable bonds is 8. The highest BCUT2D eigenvalue weighted by Crippen LogP contribution is 2.31. The molecular weight excluding hydrogens is 605 g/mol. The Bertz CT molecular complexity index is 1780. The van der Waals surface area contributed by atoms with Gasteiger partial charge in [-0.2, -0.15) is 0 Å². The number of anilines is 3. The predicted molar refractivity (Wildman–Crippen MR) is 155 cm³/mol. The zero-order valence-electron chi connectivity index (χ0n) is 20.1. The molecule has 0 saturated heterocycles. The van der Waals surface area contributed by atoms with Gasteiger partial charge in [0.2, 0.25) is 0 Å². The third kappa shape index (κ3) is 6.84. The summed E-state index contributed by atoms with van der Waals surface area (Å²) in [5, 5.41) is 2.80. The Kier molecular flexibility index (Phi) is 8.43. The standard InChI is InChI=1S/C26H20Cl3N3O5S2/c1-16-4-2-5-19(14-16)31-39(36,37)24-15-17(8-13-21(24)27)26(33)30-18-9-11-20(12-10-18)38(34,35)32-23-7-3-6-22(28)25(23)29/h2-15,31-32H,1H3,(H,30,33). The molecule has 0 aliphatic carbocycles. The molecule has 0 fully saturated rings. The number of carbonyl (C=O) groups excluding carboxylic acids is 1. The Morgan fingerprint density at radius 1 is 0.692 bits per heavy atom. The molecule has 0 spiro atoms. The largest absolute Gasteiger partial charge is 0.322 e. The van der Waals surface area contributed by atoms with Gasteiger partial charge in [-0.25, -0.2) is 16.8 Å². The molecule has 4 aromatic carbocycles. The molecule has 0 atom stereocenters. The predicted octanol–water partition coefficient (Wildman–Crippen LogP) is 6.81. The smallest absolute Gasteiger partial charge is 0.263 e. The Hall–Kier alpha value is -3.28. The van der Waals surface area contributed by atoms with Crippen LogP contribution in [-0.4, -0.2) is 22.7 Å². The van der Waals surface area contributed by atoms with Crippen molar-refractivity contribution < 1.29 is 21.6 Å². The zero-order chi connectivity index (χ0) is 28.4. The highest BCUT2D eigenvalue weighted by molar-refractivity contribution is 7.93. The number of aryl methyl sites for hydroxylation is 1. The Morgan fingerprint density at radius 3 is 2.08 bits per heavy atom. The fraction of sp³-hybridized carbons (Fsp3) is 0.0385. The first-order valence-electron chi connectivity index (χ1n) is 11.1. The Morgan fingerprint density at radius 2 is 1.38 bits per heavy atom. The van der Waals surface area contributed by atoms with E-state index in [1.807, 2.05) is 13.0 Å². The average molecular weight is 625 g/mol. The van der Waals surface area contributed by atoms with Crippen LogP contribution >= 0.6 is 34.8 Å². The Labute approximate surface area is 241 Å². The summed E-state index contributed by atoms with van der Waals surface area (Å²) in [5.41, 5.74) is 1.63. The van der Waals surface area contributed by atoms with Gasteiger partial charge < -0.3 is 5.32 Å². The number of sulfonamides is 2. The van der Waals surface area contributed by atoms with E-state index in [9.17, 15) is 21.6 Å². The minimum absolute atomic E-state index is 0.0259. The van der Waals surface area contributed by atoms with Crippen LogP contribution in [0, 0.1) is 6.92 Å². The molecule has 0 aliphatic rings. The molecule has 1 amide bonds. The second-order valence-electron chi connectivity index (χ2n) is 8.31. The number of nitrogens with one attached hydrogen (secondary N) is 3. The molecule has 39 heavy (non-hydrogen) atoms. The zero-order valence-corrected chi connectivity index (χ0v) is 24.0. The molecule has 0 radical (unpaired) electrons. The quantitative estimate of drug-likeness (QED) is 0.199. The van der Waals surface area contributed by atoms with Gasteiger partial charge in [0.25, 0.3) is 26.0 Å². The fourth-order valence-corrected chi connectivity index (χ4v) is 6.53. The summed E-state index contributed by atoms with van der Waals surface area (Å²) in [4.78, 5) is 12.5. The lowest BCUT2D eigenvalue weighted by Gasteiger charge is -2.12. The highest BCUT2D eigenvalue weighted by atomic mass is 35.5. The summed E-state index contributed by atoms with van der Waals surface area (Å²) >= 11 is 18.2. The lowest BCUT2D eigenvalue weighted by Crippen LogP contribution is -2.17. The van der Waals surface area contributed by atoms with Crippen LogP contribution in [0.5, 0.6) is 0 Å². The van der Waals surface area contributed by atoms with Crippen LogP contribution in [-0.2, 0) is 20.0 Å². The molecule has 8 nitrogen and oxygen atoms in total. The van der Waals surface area contributed by atoms with Gasteiger partial charge in [0, 0.05) is 16.9 Å². The van der Waals surface area contributed by atoms with Gasteiger partial charge in [-0.05, 0) is 79.2 Å². The van der Waals surface area contributed by atoms with E-state index in [4.69, 9.17) is 34.8 Å². The van der Waals surface area contributed by atoms with Crippen molar-refractivity contribution in [2.24, 2.45) is 0 Å². The van der Waals surface area contributed by atoms with E-state index in [0.717, 1.165) is 11.6 Å². The normalized spacial score (nSPS) is 11.6. The van der Waals surface area contributed by atoms with Gasteiger partial charge in [0.1, 0.15) is 4.90 Å². The molecule has 3 N–H and O–H groups in total. The van der Waals surface area contributed by atoms with E-state index < -0.39 is 26.0 Å². The lowest BCUT2D eigenvalue weighted by atomic mass is 10.2. The van der Waals surface area contributed by atoms with Gasteiger partial charge in [0.05, 0.1) is 25.7 Å². The number of hydrogen-bond acceptors (Lipinski definition) is 5. The van der Waals surface area contributed by atoms with Gasteiger partial charge >= 0.3 is 0 Å². The first-order chi connectivity index (χ1) is 18.4. The SMILES string of the molecule is Cc1cccc(NS(=O)(=O)c2cc(C(=O)Nc3ccc(S(=O)(=O)Nc4cccc(Cl)c4Cl)cc3)ccc2Cl)c1. The first kappa shape index (κ1) is 28.7. The van der Waals surface area contributed by atoms with Crippen molar-refractivity contribution in [1.82, 2.24) is 0 Å². The van der Waals surface area contributed by atoms with Crippen molar-refractivity contribution in [2.75, 3.05) is 14.8 Å². The van der Waals surface area contributed by atoms with E-state index in [2.05, 4.69) is 14.8 Å². The number of amides is 1. The van der Waals surface area contributed by atoms with Crippen LogP contribution in [0.1, 0.15) is 15.9 Å². The highest BCUT2D eigenvalue weighted by Gasteiger charge is 2.21. The Balaban J connectivity index is 1.51. The molecule has 0 heterocycles. The van der Waals surface area contributed by atoms with Crippen molar-refractivity contribution in [3.05, 3.63) is 111 Å². The van der Waals surface area contributed by atoms with Crippen LogP contribution < -0.4 is 14.8 Å². The van der Waals surface area contributed by atoms with E-state index in [1.54, 1.807) is 24.3 Å². The second-order valence-corrected chi connectivity index (χ2v) is 12.8. The topological polar surface area (TPSA) is 121 Å². The molecular formula is C26H20Cl3N3O5S2. The number of carbonyl (C=O) groups is 1. The third-order valence-corrected chi connectivity index (χ3v) is 9.43. The van der Waals surface area contributed by atoms with Crippen molar-refractivity contribution in [3.8, 4) is 0 Å². The summed E-state index contributed by atoms with van der Waals surface area (Å²) in [6.45, 7) is 1.82. The van der Waals surface area contributed by atoms with Crippen LogP contribution in [0.4, 0.5) is 17.1 Å². The van der Waals surface area contributed by atoms with E-state index in [-0.39, 0.29) is 41.8 Å². The number of hydrogen-bond donors (Lipinski definition) is 3. The van der Waals surface area contributed by atoms with Gasteiger partial charge in [-0.1, -0.05) is 53.0 Å². The van der Waals surface area contributed by atoms with E-state index in [0.29, 0.717) is 5.69 Å². The van der Waals surface area contributed by atoms with Gasteiger partial charge in [0.15, 0.2) is 0 Å². The van der Waals surface area contributed by atoms with Crippen LogP contribution in [0.15, 0.2) is 94.7 Å². The van der Waals surface area contributed by atoms with Crippen molar-refractivity contribution >= 4 is 77.8 Å². The van der Waals surface area contributed by atoms with Crippen molar-refractivity contribution in [1.29, 1.82) is 0 Å². The van der Waals surface area contributed by atoms with Gasteiger partial charge in [-0.3, -0.25) is 14.2 Å². The maximum atomic E-state index is 13.0. The summed E-state index contributed by atoms with van der Waals surface area (Å²) in [5.74, 6) is -0.627. The van der Waals surface area contributed by atoms with Gasteiger partial charge in [-0.15, -0.1) is 0 Å². The molecule has 13 heteroatoms. The van der Waals surface area contributed by atoms with Crippen LogP contribution in [0.25, 0.3) is 0 Å². The molecule has 0 unspecified atom stereocenters. The van der Waals surface area contributed by atoms with Crippen molar-refractivity contribution in [2.45, 2.75) is 16.7 Å². The summed E-state index contributed by atoms with van der Waals surface area (Å²) in [6, 6.07) is 20.5. The van der Waals surface area contributed by atoms with Crippen molar-refractivity contribution in [3.63, 3.8) is 0 Å². The monoisotopic (exact) mass is 623 g/mol. The molecule has 0 saturated carbocycles. The maximum Gasteiger partial charge on any atom is 0.263 e. The number of halogens is 3. The number of benzene rings is 4. The fourth-order valence-electron chi connectivity index (χ4n) is 3.48. The average Bonchev–Trinajstić information content (AvgIpc) is 2.87. The first-order valence-corrected chi connectivity index (χ1v) is 15.2. The summed E-state index contributed by atoms with van der Waals surface area (Å²) < 4.78 is 56.3. The minimum Gasteiger partial charge on any atom is -0.322 e. The summed E-state index contributed by atoms with van der Waals surface area (Å²) in [7, 11) is -8.10. The molecule has 0 aliphatic heterocycles. The summed E-state index contributed by atoms with van der Waals surface area (Å²) in [6.07, 6.45) is 0. The van der Waals surface area contributed by atoms with E-state index >= 15 is 0 Å². The molecule has 0 bridgehead atoms. The van der Waals surface area contributed by atoms with Crippen LogP contribution in [0.3, 0.4) is 0 Å². The lowest BCUT2D eigenvalue weighted by molar-refractivity contribution is 0.102. The second kappa shape index (κ2) is 11.4. The third-order valence-electron chi connectivity index (χ3n) is 5.37. The molecule has 4 rings (SSSR count). The molecule has 202 valence electrons. The maximum absolute atomic E-state index is 13.0. The molecule has 0 aromatic heterocycles. The van der Waals surface area contributed by atoms with E-state index in [1.165, 1.54) is 48.5 Å². The van der Waals surface area contributed by atoms with Crippen LogP contribution in [0.2, 0.25) is 15.1 Å². The molecule has 4 aromatic rings.